The number of carbonyl (C=O) groups excluding carboxylic acids is 1. The van der Waals surface area contributed by atoms with Crippen LogP contribution in [0.5, 0.6) is 0 Å². The zero-order valence-corrected chi connectivity index (χ0v) is 12.1. The van der Waals surface area contributed by atoms with E-state index in [1.807, 2.05) is 4.90 Å². The second-order valence-electron chi connectivity index (χ2n) is 4.72. The minimum atomic E-state index is 0. The first kappa shape index (κ1) is 17.0. The average molecular weight is 284 g/mol. The molecule has 2 aliphatic heterocycles. The van der Waals surface area contributed by atoms with Crippen LogP contribution in [-0.2, 0) is 4.79 Å². The predicted octanol–water partition coefficient (Wildman–Crippen LogP) is 0.744. The van der Waals surface area contributed by atoms with E-state index in [0.717, 1.165) is 39.1 Å². The fourth-order valence-corrected chi connectivity index (χ4v) is 2.53. The van der Waals surface area contributed by atoms with Crippen molar-refractivity contribution in [2.75, 3.05) is 32.7 Å². The largest absolute Gasteiger partial charge is 0.339 e. The van der Waals surface area contributed by atoms with Crippen LogP contribution in [0.4, 0.5) is 0 Å². The minimum absolute atomic E-state index is 0. The summed E-state index contributed by atoms with van der Waals surface area (Å²) in [5.41, 5.74) is 0. The molecule has 2 aliphatic rings. The molecule has 4 nitrogen and oxygen atoms in total. The summed E-state index contributed by atoms with van der Waals surface area (Å²) < 4.78 is 0. The maximum atomic E-state index is 12.1. The van der Waals surface area contributed by atoms with Crippen molar-refractivity contribution in [3.05, 3.63) is 0 Å². The molecule has 2 heterocycles. The number of nitrogens with zero attached hydrogens (tertiary/aromatic N) is 2. The van der Waals surface area contributed by atoms with Crippen LogP contribution in [0.1, 0.15) is 20.3 Å². The highest BCUT2D eigenvalue weighted by molar-refractivity contribution is 5.85. The number of rotatable bonds is 2. The Kier molecular flexibility index (Phi) is 7.40. The van der Waals surface area contributed by atoms with E-state index < -0.39 is 0 Å². The van der Waals surface area contributed by atoms with E-state index in [1.54, 1.807) is 0 Å². The van der Waals surface area contributed by atoms with Crippen molar-refractivity contribution in [1.29, 1.82) is 0 Å². The normalized spacial score (nSPS) is 25.7. The maximum absolute atomic E-state index is 12.1. The van der Waals surface area contributed by atoms with Gasteiger partial charge in [0.2, 0.25) is 5.91 Å². The predicted molar refractivity (Wildman–Crippen MR) is 74.2 cm³/mol. The van der Waals surface area contributed by atoms with Gasteiger partial charge in [0.05, 0.1) is 6.04 Å². The molecule has 0 bridgehead atoms. The highest BCUT2D eigenvalue weighted by atomic mass is 35.5. The van der Waals surface area contributed by atoms with Crippen LogP contribution in [0.3, 0.4) is 0 Å². The van der Waals surface area contributed by atoms with Gasteiger partial charge in [0, 0.05) is 38.8 Å². The third-order valence-corrected chi connectivity index (χ3v) is 3.43. The fraction of sp³-hybridized carbons (Fsp3) is 0.909. The summed E-state index contributed by atoms with van der Waals surface area (Å²) >= 11 is 0. The summed E-state index contributed by atoms with van der Waals surface area (Å²) in [6.45, 7) is 9.20. The van der Waals surface area contributed by atoms with Crippen molar-refractivity contribution in [2.45, 2.75) is 32.4 Å². The lowest BCUT2D eigenvalue weighted by Crippen LogP contribution is -2.51. The van der Waals surface area contributed by atoms with Crippen LogP contribution in [0, 0.1) is 0 Å². The SMILES string of the molecule is CC(C)N1CCC(N2CCNCC2)C1=O.Cl.Cl. The zero-order chi connectivity index (χ0) is 10.8. The molecule has 0 radical (unpaired) electrons. The van der Waals surface area contributed by atoms with Crippen molar-refractivity contribution in [3.8, 4) is 0 Å². The molecule has 2 rings (SSSR count). The van der Waals surface area contributed by atoms with Gasteiger partial charge in [0.25, 0.3) is 0 Å². The van der Waals surface area contributed by atoms with Gasteiger partial charge in [-0.3, -0.25) is 9.69 Å². The summed E-state index contributed by atoms with van der Waals surface area (Å²) in [4.78, 5) is 16.5. The second kappa shape index (κ2) is 7.41. The molecule has 2 fully saturated rings. The van der Waals surface area contributed by atoms with Crippen LogP contribution >= 0.6 is 24.8 Å². The topological polar surface area (TPSA) is 35.6 Å². The third-order valence-electron chi connectivity index (χ3n) is 3.43. The smallest absolute Gasteiger partial charge is 0.240 e. The summed E-state index contributed by atoms with van der Waals surface area (Å²) in [7, 11) is 0. The van der Waals surface area contributed by atoms with Crippen molar-refractivity contribution in [1.82, 2.24) is 15.1 Å². The van der Waals surface area contributed by atoms with Gasteiger partial charge in [-0.2, -0.15) is 0 Å². The van der Waals surface area contributed by atoms with Crippen LogP contribution in [0.15, 0.2) is 0 Å². The number of halogens is 2. The van der Waals surface area contributed by atoms with E-state index in [2.05, 4.69) is 24.1 Å². The number of nitrogens with one attached hydrogen (secondary N) is 1. The summed E-state index contributed by atoms with van der Waals surface area (Å²) in [5.74, 6) is 0.340. The molecular weight excluding hydrogens is 261 g/mol. The van der Waals surface area contributed by atoms with Gasteiger partial charge < -0.3 is 10.2 Å². The molecule has 17 heavy (non-hydrogen) atoms. The Labute approximate surface area is 116 Å². The molecule has 0 aliphatic carbocycles. The number of hydrogen-bond acceptors (Lipinski definition) is 3. The highest BCUT2D eigenvalue weighted by Gasteiger charge is 2.36. The summed E-state index contributed by atoms with van der Waals surface area (Å²) in [6, 6.07) is 0.514. The first-order valence-electron chi connectivity index (χ1n) is 5.95. The number of carbonyl (C=O) groups is 1. The van der Waals surface area contributed by atoms with Crippen molar-refractivity contribution >= 4 is 30.7 Å². The number of amides is 1. The van der Waals surface area contributed by atoms with Gasteiger partial charge >= 0.3 is 0 Å². The molecule has 0 aromatic heterocycles. The number of piperazine rings is 1. The van der Waals surface area contributed by atoms with E-state index >= 15 is 0 Å². The van der Waals surface area contributed by atoms with Gasteiger partial charge in [-0.15, -0.1) is 24.8 Å². The van der Waals surface area contributed by atoms with Crippen LogP contribution in [-0.4, -0.2) is 60.5 Å². The molecule has 1 amide bonds. The molecule has 102 valence electrons. The third kappa shape index (κ3) is 3.71. The lowest BCUT2D eigenvalue weighted by Gasteiger charge is -2.32. The fourth-order valence-electron chi connectivity index (χ4n) is 2.53. The monoisotopic (exact) mass is 283 g/mol. The molecule has 1 unspecified atom stereocenters. The summed E-state index contributed by atoms with van der Waals surface area (Å²) in [5, 5.41) is 3.32. The highest BCUT2D eigenvalue weighted by Crippen LogP contribution is 2.19. The quantitative estimate of drug-likeness (QED) is 0.812. The molecule has 1 N–H and O–H groups in total. The van der Waals surface area contributed by atoms with Gasteiger partial charge in [-0.1, -0.05) is 0 Å². The van der Waals surface area contributed by atoms with Crippen molar-refractivity contribution in [2.24, 2.45) is 0 Å². The number of likely N-dealkylation sites (tertiary alicyclic amines) is 1. The Hall–Kier alpha value is -0.0300. The molecular formula is C11H23Cl2N3O. The minimum Gasteiger partial charge on any atom is -0.339 e. The first-order valence-corrected chi connectivity index (χ1v) is 5.95. The standard InChI is InChI=1S/C11H21N3O.2ClH/c1-9(2)14-6-3-10(11(14)15)13-7-4-12-5-8-13;;/h9-10,12H,3-8H2,1-2H3;2*1H. The van der Waals surface area contributed by atoms with E-state index in [-0.39, 0.29) is 30.9 Å². The van der Waals surface area contributed by atoms with Gasteiger partial charge in [-0.25, -0.2) is 0 Å². The average Bonchev–Trinajstić information content (AvgIpc) is 2.61. The maximum Gasteiger partial charge on any atom is 0.240 e. The summed E-state index contributed by atoms with van der Waals surface area (Å²) in [6.07, 6.45) is 1.01. The molecule has 0 saturated carbocycles. The van der Waals surface area contributed by atoms with Gasteiger partial charge in [-0.05, 0) is 20.3 Å². The molecule has 2 saturated heterocycles. The molecule has 0 aromatic rings. The second-order valence-corrected chi connectivity index (χ2v) is 4.72. The Balaban J connectivity index is 0.00000128. The lowest BCUT2D eigenvalue weighted by molar-refractivity contribution is -0.133. The van der Waals surface area contributed by atoms with Crippen LogP contribution in [0.2, 0.25) is 0 Å². The molecule has 1 atom stereocenters. The molecule has 0 aromatic carbocycles. The van der Waals surface area contributed by atoms with E-state index in [1.165, 1.54) is 0 Å². The molecule has 0 spiro atoms. The first-order chi connectivity index (χ1) is 7.20. The van der Waals surface area contributed by atoms with Gasteiger partial charge in [0.1, 0.15) is 0 Å². The van der Waals surface area contributed by atoms with E-state index in [4.69, 9.17) is 0 Å². The Morgan fingerprint density at radius 1 is 1.18 bits per heavy atom. The molecule has 6 heteroatoms. The van der Waals surface area contributed by atoms with Crippen LogP contribution < -0.4 is 5.32 Å². The Bertz CT molecular complexity index is 245. The van der Waals surface area contributed by atoms with E-state index in [9.17, 15) is 4.79 Å². The lowest BCUT2D eigenvalue weighted by atomic mass is 10.2. The zero-order valence-electron chi connectivity index (χ0n) is 10.5. The Morgan fingerprint density at radius 2 is 1.76 bits per heavy atom. The van der Waals surface area contributed by atoms with Crippen LogP contribution in [0.25, 0.3) is 0 Å². The van der Waals surface area contributed by atoms with Crippen molar-refractivity contribution in [3.63, 3.8) is 0 Å². The Morgan fingerprint density at radius 3 is 2.24 bits per heavy atom. The van der Waals surface area contributed by atoms with E-state index in [0.29, 0.717) is 11.9 Å². The van der Waals surface area contributed by atoms with Crippen molar-refractivity contribution < 1.29 is 4.79 Å². The van der Waals surface area contributed by atoms with Gasteiger partial charge in [0.15, 0.2) is 0 Å². The number of hydrogen-bond donors (Lipinski definition) is 1.